The smallest absolute Gasteiger partial charge is 0.00853 e. The first-order chi connectivity index (χ1) is 10.8. The number of hydrogen-bond acceptors (Lipinski definition) is 0. The Morgan fingerprint density at radius 3 is 2.48 bits per heavy atom. The summed E-state index contributed by atoms with van der Waals surface area (Å²) in [6.45, 7) is 14.5. The molecular weight excluding hydrogens is 276 g/mol. The Morgan fingerprint density at radius 1 is 0.957 bits per heavy atom. The van der Waals surface area contributed by atoms with Gasteiger partial charge in [0.2, 0.25) is 0 Å². The van der Waals surface area contributed by atoms with Crippen molar-refractivity contribution in [3.05, 3.63) is 23.8 Å². The number of rotatable bonds is 0. The van der Waals surface area contributed by atoms with Gasteiger partial charge in [-0.3, -0.25) is 0 Å². The summed E-state index contributed by atoms with van der Waals surface area (Å²) >= 11 is 0. The van der Waals surface area contributed by atoms with Crippen LogP contribution in [0.4, 0.5) is 0 Å². The molecule has 4 fully saturated rings. The third kappa shape index (κ3) is 1.96. The Hall–Kier alpha value is -0.520. The zero-order valence-electron chi connectivity index (χ0n) is 15.9. The standard InChI is InChI=1S/C23H36/c1-6-17-7-8-19-18-10-12-21(3)15-16(2)9-14-23(21,5)20(18)11-13-22(17,19)4/h6,18-20H,2,7-15H2,1,3-5H3/b17-6-/t18?,19?,20?,21-,22?,23?/m1/s1. The molecule has 0 radical (unpaired) electrons. The topological polar surface area (TPSA) is 0 Å². The molecule has 5 unspecified atom stereocenters. The van der Waals surface area contributed by atoms with Crippen molar-refractivity contribution in [2.45, 2.75) is 85.5 Å². The van der Waals surface area contributed by atoms with Gasteiger partial charge in [-0.2, -0.15) is 0 Å². The van der Waals surface area contributed by atoms with Crippen molar-refractivity contribution in [2.75, 3.05) is 0 Å². The van der Waals surface area contributed by atoms with E-state index in [-0.39, 0.29) is 0 Å². The molecule has 0 heteroatoms. The average molecular weight is 313 g/mol. The van der Waals surface area contributed by atoms with Gasteiger partial charge in [-0.25, -0.2) is 0 Å². The van der Waals surface area contributed by atoms with Gasteiger partial charge >= 0.3 is 0 Å². The number of allylic oxidation sites excluding steroid dienone is 3. The van der Waals surface area contributed by atoms with Crippen molar-refractivity contribution >= 4 is 0 Å². The SMILES string of the molecule is C=C1CCC2(C)C3CCC4(C)/C(=C\C)CCC4C3CC[C@]2(C)C1. The predicted octanol–water partition coefficient (Wildman–Crippen LogP) is 6.92. The number of hydrogen-bond donors (Lipinski definition) is 0. The van der Waals surface area contributed by atoms with Gasteiger partial charge in [-0.1, -0.05) is 44.6 Å². The molecule has 0 nitrogen and oxygen atoms in total. The van der Waals surface area contributed by atoms with Crippen LogP contribution in [0, 0.1) is 34.0 Å². The van der Waals surface area contributed by atoms with Crippen molar-refractivity contribution in [1.29, 1.82) is 0 Å². The fourth-order valence-corrected chi connectivity index (χ4v) is 7.88. The van der Waals surface area contributed by atoms with Crippen molar-refractivity contribution < 1.29 is 0 Å². The van der Waals surface area contributed by atoms with E-state index in [1.807, 2.05) is 0 Å². The van der Waals surface area contributed by atoms with Crippen LogP contribution in [-0.4, -0.2) is 0 Å². The predicted molar refractivity (Wildman–Crippen MR) is 99.2 cm³/mol. The summed E-state index contributed by atoms with van der Waals surface area (Å²) in [6, 6.07) is 0. The molecule has 0 saturated heterocycles. The molecule has 4 rings (SSSR count). The second-order valence-corrected chi connectivity index (χ2v) is 10.1. The van der Waals surface area contributed by atoms with E-state index in [9.17, 15) is 0 Å². The minimum Gasteiger partial charge on any atom is -0.0998 e. The van der Waals surface area contributed by atoms with E-state index in [1.54, 1.807) is 5.57 Å². The minimum atomic E-state index is 0.527. The first-order valence-electron chi connectivity index (χ1n) is 10.2. The second-order valence-electron chi connectivity index (χ2n) is 10.1. The molecule has 0 heterocycles. The fraction of sp³-hybridized carbons (Fsp3) is 0.826. The molecule has 23 heavy (non-hydrogen) atoms. The van der Waals surface area contributed by atoms with Gasteiger partial charge in [-0.05, 0) is 98.7 Å². The zero-order valence-corrected chi connectivity index (χ0v) is 15.9. The normalized spacial score (nSPS) is 54.5. The van der Waals surface area contributed by atoms with Crippen LogP contribution in [0.1, 0.15) is 85.5 Å². The summed E-state index contributed by atoms with van der Waals surface area (Å²) in [5.41, 5.74) is 4.95. The van der Waals surface area contributed by atoms with Crippen LogP contribution in [0.5, 0.6) is 0 Å². The van der Waals surface area contributed by atoms with Gasteiger partial charge in [0.15, 0.2) is 0 Å². The van der Waals surface area contributed by atoms with Crippen molar-refractivity contribution in [2.24, 2.45) is 34.0 Å². The van der Waals surface area contributed by atoms with Crippen LogP contribution in [-0.2, 0) is 0 Å². The summed E-state index contributed by atoms with van der Waals surface area (Å²) in [5.74, 6) is 2.94. The van der Waals surface area contributed by atoms with Crippen molar-refractivity contribution in [1.82, 2.24) is 0 Å². The fourth-order valence-electron chi connectivity index (χ4n) is 7.88. The molecule has 128 valence electrons. The first kappa shape index (κ1) is 16.0. The Bertz CT molecular complexity index is 554. The van der Waals surface area contributed by atoms with Gasteiger partial charge in [0.1, 0.15) is 0 Å². The lowest BCUT2D eigenvalue weighted by Crippen LogP contribution is -2.56. The maximum atomic E-state index is 4.36. The van der Waals surface area contributed by atoms with Gasteiger partial charge in [0.05, 0.1) is 0 Å². The third-order valence-electron chi connectivity index (χ3n) is 9.50. The lowest BCUT2D eigenvalue weighted by molar-refractivity contribution is -0.135. The van der Waals surface area contributed by atoms with Crippen LogP contribution < -0.4 is 0 Å². The highest BCUT2D eigenvalue weighted by Gasteiger charge is 2.61. The summed E-state index contributed by atoms with van der Waals surface area (Å²) in [7, 11) is 0. The van der Waals surface area contributed by atoms with E-state index in [4.69, 9.17) is 0 Å². The van der Waals surface area contributed by atoms with Crippen LogP contribution >= 0.6 is 0 Å². The largest absolute Gasteiger partial charge is 0.0998 e. The lowest BCUT2D eigenvalue weighted by Gasteiger charge is -2.64. The van der Waals surface area contributed by atoms with E-state index in [2.05, 4.69) is 40.3 Å². The highest BCUT2D eigenvalue weighted by atomic mass is 14.7. The summed E-state index contributed by atoms with van der Waals surface area (Å²) in [6.07, 6.45) is 15.2. The quantitative estimate of drug-likeness (QED) is 0.426. The summed E-state index contributed by atoms with van der Waals surface area (Å²) in [4.78, 5) is 0. The van der Waals surface area contributed by atoms with Gasteiger partial charge in [0, 0.05) is 0 Å². The Kier molecular flexibility index (Phi) is 3.47. The van der Waals surface area contributed by atoms with E-state index in [1.165, 1.54) is 63.4 Å². The molecule has 0 amide bonds. The van der Waals surface area contributed by atoms with E-state index >= 15 is 0 Å². The maximum Gasteiger partial charge on any atom is -0.00853 e. The highest BCUT2D eigenvalue weighted by molar-refractivity contribution is 5.25. The molecule has 0 N–H and O–H groups in total. The number of fused-ring (bicyclic) bond motifs is 5. The van der Waals surface area contributed by atoms with E-state index in [0.29, 0.717) is 16.2 Å². The lowest BCUT2D eigenvalue weighted by atomic mass is 9.40. The molecule has 4 aliphatic carbocycles. The molecule has 0 aromatic carbocycles. The molecule has 0 spiro atoms. The van der Waals surface area contributed by atoms with E-state index < -0.39 is 0 Å². The monoisotopic (exact) mass is 312 g/mol. The molecule has 0 aromatic rings. The van der Waals surface area contributed by atoms with Gasteiger partial charge in [0.25, 0.3) is 0 Å². The minimum absolute atomic E-state index is 0.527. The first-order valence-corrected chi connectivity index (χ1v) is 10.2. The average Bonchev–Trinajstić information content (AvgIpc) is 2.85. The van der Waals surface area contributed by atoms with Crippen molar-refractivity contribution in [3.8, 4) is 0 Å². The highest BCUT2D eigenvalue weighted by Crippen LogP contribution is 2.70. The molecule has 4 saturated carbocycles. The maximum absolute atomic E-state index is 4.36. The Labute approximate surface area is 143 Å². The van der Waals surface area contributed by atoms with Crippen LogP contribution in [0.25, 0.3) is 0 Å². The molecular formula is C23H36. The Morgan fingerprint density at radius 2 is 1.74 bits per heavy atom. The van der Waals surface area contributed by atoms with E-state index in [0.717, 1.165) is 17.8 Å². The zero-order chi connectivity index (χ0) is 16.5. The van der Waals surface area contributed by atoms with Crippen LogP contribution in [0.2, 0.25) is 0 Å². The summed E-state index contributed by atoms with van der Waals surface area (Å²) in [5, 5.41) is 0. The molecule has 4 aliphatic rings. The molecule has 0 aromatic heterocycles. The van der Waals surface area contributed by atoms with Crippen LogP contribution in [0.15, 0.2) is 23.8 Å². The third-order valence-corrected chi connectivity index (χ3v) is 9.50. The van der Waals surface area contributed by atoms with Gasteiger partial charge < -0.3 is 0 Å². The van der Waals surface area contributed by atoms with Crippen molar-refractivity contribution in [3.63, 3.8) is 0 Å². The molecule has 0 bridgehead atoms. The molecule has 6 atom stereocenters. The van der Waals surface area contributed by atoms with Gasteiger partial charge in [-0.15, -0.1) is 0 Å². The molecule has 0 aliphatic heterocycles. The Balaban J connectivity index is 1.69. The second kappa shape index (κ2) is 4.99. The van der Waals surface area contributed by atoms with Crippen LogP contribution in [0.3, 0.4) is 0 Å². The summed E-state index contributed by atoms with van der Waals surface area (Å²) < 4.78 is 0.